The third-order valence-corrected chi connectivity index (χ3v) is 7.88. The molecule has 1 unspecified atom stereocenters. The molecule has 0 aliphatic carbocycles. The summed E-state index contributed by atoms with van der Waals surface area (Å²) >= 11 is 0. The first-order chi connectivity index (χ1) is 21.8. The topological polar surface area (TPSA) is 84.9 Å². The molecule has 7 heteroatoms. The van der Waals surface area contributed by atoms with E-state index in [0.29, 0.717) is 42.1 Å². The Kier molecular flexibility index (Phi) is 11.9. The van der Waals surface area contributed by atoms with Crippen molar-refractivity contribution in [3.8, 4) is 5.75 Å². The smallest absolute Gasteiger partial charge is 0.328 e. The summed E-state index contributed by atoms with van der Waals surface area (Å²) in [6, 6.07) is 31.0. The standard InChI is InChI=1S/C38H42N2O5/c1-5-29(6-2)37(42)40(31-16-12-13-27(3)25-31)23-24-45-32-21-19-28(20-22-32)26-35(38(43)44-4)39-34-18-11-10-17-33(34)36(41)30-14-8-7-9-15-30/h7-22,25,29,35,39H,5-6,23-24,26H2,1-4H3. The van der Waals surface area contributed by atoms with Gasteiger partial charge < -0.3 is 19.7 Å². The number of rotatable bonds is 15. The Balaban J connectivity index is 1.42. The Labute approximate surface area is 266 Å². The largest absolute Gasteiger partial charge is 0.492 e. The maximum Gasteiger partial charge on any atom is 0.328 e. The number of para-hydroxylation sites is 1. The van der Waals surface area contributed by atoms with Crippen LogP contribution in [0, 0.1) is 12.8 Å². The molecular weight excluding hydrogens is 564 g/mol. The number of amides is 1. The second-order valence-corrected chi connectivity index (χ2v) is 11.0. The number of nitrogens with one attached hydrogen (secondary N) is 1. The van der Waals surface area contributed by atoms with Gasteiger partial charge in [0.25, 0.3) is 0 Å². The zero-order valence-corrected chi connectivity index (χ0v) is 26.5. The second-order valence-electron chi connectivity index (χ2n) is 11.0. The van der Waals surface area contributed by atoms with Gasteiger partial charge in [0.15, 0.2) is 5.78 Å². The lowest BCUT2D eigenvalue weighted by Gasteiger charge is -2.27. The number of anilines is 2. The molecule has 4 aromatic carbocycles. The van der Waals surface area contributed by atoms with Crippen LogP contribution in [0.15, 0.2) is 103 Å². The Hall–Kier alpha value is -4.91. The first-order valence-corrected chi connectivity index (χ1v) is 15.5. The average molecular weight is 607 g/mol. The number of benzene rings is 4. The predicted octanol–water partition coefficient (Wildman–Crippen LogP) is 7.27. The lowest BCUT2D eigenvalue weighted by molar-refractivity contribution is -0.141. The Bertz CT molecular complexity index is 1560. The van der Waals surface area contributed by atoms with Crippen LogP contribution in [0.3, 0.4) is 0 Å². The quantitative estimate of drug-likeness (QED) is 0.113. The van der Waals surface area contributed by atoms with Crippen LogP contribution in [0.4, 0.5) is 11.4 Å². The summed E-state index contributed by atoms with van der Waals surface area (Å²) < 4.78 is 11.1. The minimum absolute atomic E-state index is 0.0374. The molecule has 0 aliphatic heterocycles. The minimum Gasteiger partial charge on any atom is -0.492 e. The van der Waals surface area contributed by atoms with Gasteiger partial charge in [-0.1, -0.05) is 80.6 Å². The summed E-state index contributed by atoms with van der Waals surface area (Å²) in [7, 11) is 1.35. The van der Waals surface area contributed by atoms with E-state index >= 15 is 0 Å². The molecule has 0 saturated heterocycles. The van der Waals surface area contributed by atoms with E-state index in [4.69, 9.17) is 9.47 Å². The summed E-state index contributed by atoms with van der Waals surface area (Å²) in [5.74, 6) is 0.170. The first-order valence-electron chi connectivity index (χ1n) is 15.5. The SMILES string of the molecule is CCC(CC)C(=O)N(CCOc1ccc(CC(Nc2ccccc2C(=O)c2ccccc2)C(=O)OC)cc1)c1cccc(C)c1. The monoisotopic (exact) mass is 606 g/mol. The first kappa shape index (κ1) is 33.0. The molecule has 0 aliphatic rings. The van der Waals surface area contributed by atoms with Gasteiger partial charge >= 0.3 is 5.97 Å². The van der Waals surface area contributed by atoms with Gasteiger partial charge in [-0.3, -0.25) is 9.59 Å². The van der Waals surface area contributed by atoms with Crippen molar-refractivity contribution in [3.63, 3.8) is 0 Å². The third-order valence-electron chi connectivity index (χ3n) is 7.88. The number of nitrogens with zero attached hydrogens (tertiary/aromatic N) is 1. The van der Waals surface area contributed by atoms with Gasteiger partial charge in [-0.25, -0.2) is 4.79 Å². The van der Waals surface area contributed by atoms with Crippen LogP contribution in [-0.4, -0.2) is 44.0 Å². The molecule has 0 spiro atoms. The fourth-order valence-electron chi connectivity index (χ4n) is 5.31. The molecule has 0 fully saturated rings. The van der Waals surface area contributed by atoms with Crippen LogP contribution >= 0.6 is 0 Å². The highest BCUT2D eigenvalue weighted by Gasteiger charge is 2.24. The minimum atomic E-state index is -0.717. The maximum atomic E-state index is 13.4. The summed E-state index contributed by atoms with van der Waals surface area (Å²) in [6.07, 6.45) is 1.92. The van der Waals surface area contributed by atoms with Gasteiger partial charge in [0.2, 0.25) is 5.91 Å². The summed E-state index contributed by atoms with van der Waals surface area (Å²) in [5.41, 5.74) is 4.46. The molecule has 0 heterocycles. The highest BCUT2D eigenvalue weighted by Crippen LogP contribution is 2.24. The predicted molar refractivity (Wildman–Crippen MR) is 179 cm³/mol. The van der Waals surface area contributed by atoms with Gasteiger partial charge in [-0.15, -0.1) is 0 Å². The Morgan fingerprint density at radius 1 is 0.822 bits per heavy atom. The molecule has 0 radical (unpaired) electrons. The molecule has 4 aromatic rings. The van der Waals surface area contributed by atoms with Crippen molar-refractivity contribution in [1.29, 1.82) is 0 Å². The molecule has 0 bridgehead atoms. The van der Waals surface area contributed by atoms with Crippen molar-refractivity contribution >= 4 is 29.0 Å². The van der Waals surface area contributed by atoms with E-state index in [2.05, 4.69) is 5.32 Å². The van der Waals surface area contributed by atoms with E-state index < -0.39 is 12.0 Å². The zero-order chi connectivity index (χ0) is 32.2. The van der Waals surface area contributed by atoms with E-state index in [1.165, 1.54) is 7.11 Å². The lowest BCUT2D eigenvalue weighted by Crippen LogP contribution is -2.38. The van der Waals surface area contributed by atoms with Crippen LogP contribution < -0.4 is 15.0 Å². The highest BCUT2D eigenvalue weighted by molar-refractivity contribution is 6.12. The molecule has 7 nitrogen and oxygen atoms in total. The van der Waals surface area contributed by atoms with Crippen LogP contribution in [0.2, 0.25) is 0 Å². The van der Waals surface area contributed by atoms with E-state index in [-0.39, 0.29) is 17.6 Å². The number of ketones is 1. The van der Waals surface area contributed by atoms with Crippen molar-refractivity contribution < 1.29 is 23.9 Å². The van der Waals surface area contributed by atoms with Crippen LogP contribution in [0.5, 0.6) is 5.75 Å². The van der Waals surface area contributed by atoms with E-state index in [9.17, 15) is 14.4 Å². The second kappa shape index (κ2) is 16.2. The number of carbonyl (C=O) groups is 3. The van der Waals surface area contributed by atoms with E-state index in [0.717, 1.165) is 29.7 Å². The number of ether oxygens (including phenoxy) is 2. The molecule has 1 N–H and O–H groups in total. The average Bonchev–Trinajstić information content (AvgIpc) is 3.07. The van der Waals surface area contributed by atoms with Gasteiger partial charge in [0.1, 0.15) is 18.4 Å². The Morgan fingerprint density at radius 3 is 2.18 bits per heavy atom. The fraction of sp³-hybridized carbons (Fsp3) is 0.289. The maximum absolute atomic E-state index is 13.4. The van der Waals surface area contributed by atoms with Gasteiger partial charge in [-0.2, -0.15) is 0 Å². The molecule has 0 saturated carbocycles. The molecule has 1 atom stereocenters. The van der Waals surface area contributed by atoms with Crippen LogP contribution in [0.1, 0.15) is 53.7 Å². The fourth-order valence-corrected chi connectivity index (χ4v) is 5.31. The number of aryl methyl sites for hydroxylation is 1. The number of esters is 1. The van der Waals surface area contributed by atoms with Crippen molar-refractivity contribution in [2.45, 2.75) is 46.1 Å². The van der Waals surface area contributed by atoms with Crippen molar-refractivity contribution in [3.05, 3.63) is 125 Å². The molecule has 1 amide bonds. The third kappa shape index (κ3) is 8.82. The normalized spacial score (nSPS) is 11.5. The highest BCUT2D eigenvalue weighted by atomic mass is 16.5. The summed E-state index contributed by atoms with van der Waals surface area (Å²) in [4.78, 5) is 41.2. The molecule has 0 aromatic heterocycles. The van der Waals surface area contributed by atoms with Gasteiger partial charge in [0.05, 0.1) is 13.7 Å². The lowest BCUT2D eigenvalue weighted by atomic mass is 10.00. The summed E-state index contributed by atoms with van der Waals surface area (Å²) in [5, 5.41) is 3.24. The zero-order valence-electron chi connectivity index (χ0n) is 26.5. The number of hydrogen-bond acceptors (Lipinski definition) is 6. The van der Waals surface area contributed by atoms with E-state index in [1.54, 1.807) is 30.3 Å². The van der Waals surface area contributed by atoms with Crippen molar-refractivity contribution in [2.24, 2.45) is 5.92 Å². The summed E-state index contributed by atoms with van der Waals surface area (Å²) in [6.45, 7) is 6.86. The van der Waals surface area contributed by atoms with Crippen LogP contribution in [0.25, 0.3) is 0 Å². The van der Waals surface area contributed by atoms with Crippen molar-refractivity contribution in [2.75, 3.05) is 30.5 Å². The number of hydrogen-bond donors (Lipinski definition) is 1. The molecule has 234 valence electrons. The van der Waals surface area contributed by atoms with Crippen molar-refractivity contribution in [1.82, 2.24) is 0 Å². The molecular formula is C38H42N2O5. The number of carbonyl (C=O) groups excluding carboxylic acids is 3. The Morgan fingerprint density at radius 2 is 1.51 bits per heavy atom. The van der Waals surface area contributed by atoms with Gasteiger partial charge in [-0.05, 0) is 67.3 Å². The molecule has 4 rings (SSSR count). The van der Waals surface area contributed by atoms with Crippen LogP contribution in [-0.2, 0) is 20.7 Å². The van der Waals surface area contributed by atoms with Gasteiger partial charge in [0, 0.05) is 34.8 Å². The number of methoxy groups -OCH3 is 1. The van der Waals surface area contributed by atoms with E-state index in [1.807, 2.05) is 98.5 Å². The molecule has 45 heavy (non-hydrogen) atoms.